The number of carbonyl (C=O) groups is 4. The van der Waals surface area contributed by atoms with E-state index in [1.807, 2.05) is 43.4 Å². The van der Waals surface area contributed by atoms with E-state index in [9.17, 15) is 19.2 Å². The van der Waals surface area contributed by atoms with Gasteiger partial charge in [0, 0.05) is 37.8 Å². The summed E-state index contributed by atoms with van der Waals surface area (Å²) in [5.41, 5.74) is 4.45. The Labute approximate surface area is 263 Å². The minimum Gasteiger partial charge on any atom is -0.456 e. The summed E-state index contributed by atoms with van der Waals surface area (Å²) < 4.78 is 11.1. The lowest BCUT2D eigenvalue weighted by molar-refractivity contribution is -0.135. The van der Waals surface area contributed by atoms with E-state index >= 15 is 0 Å². The van der Waals surface area contributed by atoms with Crippen molar-refractivity contribution in [3.63, 3.8) is 0 Å². The number of nitrogens with zero attached hydrogens (tertiary/aromatic N) is 2. The molecule has 0 spiro atoms. The molecule has 1 saturated heterocycles. The Hall–Kier alpha value is -4.70. The molecule has 3 aromatic carbocycles. The van der Waals surface area contributed by atoms with Crippen LogP contribution in [0.2, 0.25) is 0 Å². The van der Waals surface area contributed by atoms with Gasteiger partial charge in [-0.2, -0.15) is 0 Å². The Morgan fingerprint density at radius 3 is 2.00 bits per heavy atom. The van der Waals surface area contributed by atoms with Gasteiger partial charge in [0.25, 0.3) is 0 Å². The number of amides is 3. The van der Waals surface area contributed by atoms with Gasteiger partial charge in [-0.15, -0.1) is 0 Å². The molecule has 5 rings (SSSR count). The third-order valence-corrected chi connectivity index (χ3v) is 7.97. The second kappa shape index (κ2) is 13.5. The number of carbonyl (C=O) groups excluding carboxylic acids is 4. The number of fused-ring (bicyclic) bond motifs is 3. The molecule has 3 aromatic rings. The number of likely N-dealkylation sites (N-methyl/N-ethyl adjacent to an activating group) is 1. The smallest absolute Gasteiger partial charge is 0.407 e. The van der Waals surface area contributed by atoms with Crippen LogP contribution < -0.4 is 10.6 Å². The van der Waals surface area contributed by atoms with Crippen molar-refractivity contribution in [2.45, 2.75) is 44.8 Å². The summed E-state index contributed by atoms with van der Waals surface area (Å²) in [6.45, 7) is 7.97. The predicted octanol–water partition coefficient (Wildman–Crippen LogP) is 4.65. The second-order valence-electron chi connectivity index (χ2n) is 12.5. The van der Waals surface area contributed by atoms with Crippen molar-refractivity contribution in [2.24, 2.45) is 0 Å². The topological polar surface area (TPSA) is 117 Å². The van der Waals surface area contributed by atoms with E-state index in [0.29, 0.717) is 24.3 Å². The molecule has 1 heterocycles. The van der Waals surface area contributed by atoms with Crippen LogP contribution in [0.3, 0.4) is 0 Å². The van der Waals surface area contributed by atoms with Crippen molar-refractivity contribution >= 4 is 29.6 Å². The van der Waals surface area contributed by atoms with Gasteiger partial charge in [-0.3, -0.25) is 9.59 Å². The second-order valence-corrected chi connectivity index (χ2v) is 12.5. The minimum absolute atomic E-state index is 0.0761. The number of hydrogen-bond donors (Lipinski definition) is 2. The van der Waals surface area contributed by atoms with E-state index in [4.69, 9.17) is 9.47 Å². The van der Waals surface area contributed by atoms with Crippen LogP contribution in [0.15, 0.2) is 72.8 Å². The largest absolute Gasteiger partial charge is 0.456 e. The third-order valence-electron chi connectivity index (χ3n) is 7.97. The monoisotopic (exact) mass is 612 g/mol. The molecule has 1 aliphatic heterocycles. The fraction of sp³-hybridized carbons (Fsp3) is 0.371. The SMILES string of the molecule is CN1CCN(C(=O)C[C@H](NC(=O)OCC2c3ccccc3-c3ccccc32)C(=O)Nc2ccc(C(=O)OC(C)(C)C)cc2)CC1. The van der Waals surface area contributed by atoms with Crippen LogP contribution in [-0.4, -0.2) is 85.2 Å². The maximum atomic E-state index is 13.5. The van der Waals surface area contributed by atoms with Crippen LogP contribution in [-0.2, 0) is 19.1 Å². The van der Waals surface area contributed by atoms with E-state index in [2.05, 4.69) is 27.7 Å². The molecular formula is C35H40N4O6. The molecule has 2 aliphatic rings. The van der Waals surface area contributed by atoms with Crippen molar-refractivity contribution in [1.82, 2.24) is 15.1 Å². The van der Waals surface area contributed by atoms with Crippen molar-refractivity contribution in [2.75, 3.05) is 45.2 Å². The summed E-state index contributed by atoms with van der Waals surface area (Å²) in [4.78, 5) is 56.0. The third kappa shape index (κ3) is 7.88. The number of alkyl carbamates (subject to hydrolysis) is 1. The Kier molecular flexibility index (Phi) is 9.53. The molecule has 1 aliphatic carbocycles. The van der Waals surface area contributed by atoms with Crippen molar-refractivity contribution in [3.8, 4) is 11.1 Å². The lowest BCUT2D eigenvalue weighted by atomic mass is 9.98. The van der Waals surface area contributed by atoms with Gasteiger partial charge in [-0.05, 0) is 74.3 Å². The molecule has 3 amide bonds. The summed E-state index contributed by atoms with van der Waals surface area (Å²) >= 11 is 0. The quantitative estimate of drug-likeness (QED) is 0.356. The van der Waals surface area contributed by atoms with Crippen LogP contribution in [0.25, 0.3) is 11.1 Å². The number of rotatable bonds is 8. The molecule has 1 atom stereocenters. The first kappa shape index (κ1) is 31.7. The number of anilines is 1. The molecule has 0 aromatic heterocycles. The molecule has 1 fully saturated rings. The summed E-state index contributed by atoms with van der Waals surface area (Å²) in [7, 11) is 1.99. The fourth-order valence-electron chi connectivity index (χ4n) is 5.61. The van der Waals surface area contributed by atoms with Crippen LogP contribution in [0.4, 0.5) is 10.5 Å². The van der Waals surface area contributed by atoms with Gasteiger partial charge in [-0.1, -0.05) is 48.5 Å². The van der Waals surface area contributed by atoms with Crippen LogP contribution in [0, 0.1) is 0 Å². The summed E-state index contributed by atoms with van der Waals surface area (Å²) in [6.07, 6.45) is -1.01. The van der Waals surface area contributed by atoms with E-state index < -0.39 is 29.6 Å². The van der Waals surface area contributed by atoms with Gasteiger partial charge in [0.1, 0.15) is 18.2 Å². The maximum Gasteiger partial charge on any atom is 0.407 e. The van der Waals surface area contributed by atoms with E-state index in [1.165, 1.54) is 0 Å². The van der Waals surface area contributed by atoms with E-state index in [0.717, 1.165) is 35.3 Å². The first-order chi connectivity index (χ1) is 21.5. The lowest BCUT2D eigenvalue weighted by Crippen LogP contribution is -2.51. The average Bonchev–Trinajstić information content (AvgIpc) is 3.33. The molecule has 0 bridgehead atoms. The number of nitrogens with one attached hydrogen (secondary N) is 2. The van der Waals surface area contributed by atoms with Crippen molar-refractivity contribution in [1.29, 1.82) is 0 Å². The molecule has 10 heteroatoms. The first-order valence-electron chi connectivity index (χ1n) is 15.2. The number of piperazine rings is 1. The summed E-state index contributed by atoms with van der Waals surface area (Å²) in [6, 6.07) is 21.1. The summed E-state index contributed by atoms with van der Waals surface area (Å²) in [5.74, 6) is -1.43. The first-order valence-corrected chi connectivity index (χ1v) is 15.2. The number of esters is 1. The van der Waals surface area contributed by atoms with Crippen molar-refractivity contribution in [3.05, 3.63) is 89.5 Å². The maximum absolute atomic E-state index is 13.5. The Bertz CT molecular complexity index is 1510. The molecule has 236 valence electrons. The molecule has 45 heavy (non-hydrogen) atoms. The van der Waals surface area contributed by atoms with Crippen LogP contribution in [0.1, 0.15) is 54.6 Å². The normalized spacial score (nSPS) is 15.4. The predicted molar refractivity (Wildman–Crippen MR) is 171 cm³/mol. The van der Waals surface area contributed by atoms with Gasteiger partial charge >= 0.3 is 12.1 Å². The van der Waals surface area contributed by atoms with Gasteiger partial charge in [0.15, 0.2) is 0 Å². The van der Waals surface area contributed by atoms with E-state index in [1.54, 1.807) is 49.9 Å². The van der Waals surface area contributed by atoms with Gasteiger partial charge in [0.05, 0.1) is 12.0 Å². The highest BCUT2D eigenvalue weighted by molar-refractivity contribution is 5.99. The van der Waals surface area contributed by atoms with Gasteiger partial charge in [-0.25, -0.2) is 9.59 Å². The molecule has 10 nitrogen and oxygen atoms in total. The van der Waals surface area contributed by atoms with Gasteiger partial charge < -0.3 is 29.9 Å². The molecule has 2 N–H and O–H groups in total. The molecule has 0 radical (unpaired) electrons. The zero-order chi connectivity index (χ0) is 32.1. The highest BCUT2D eigenvalue weighted by Crippen LogP contribution is 2.44. The van der Waals surface area contributed by atoms with Crippen molar-refractivity contribution < 1.29 is 28.7 Å². The Morgan fingerprint density at radius 2 is 1.42 bits per heavy atom. The zero-order valence-corrected chi connectivity index (χ0v) is 26.2. The Morgan fingerprint density at radius 1 is 0.844 bits per heavy atom. The summed E-state index contributed by atoms with van der Waals surface area (Å²) in [5, 5.41) is 5.40. The number of benzene rings is 3. The molecule has 0 unspecified atom stereocenters. The number of hydrogen-bond acceptors (Lipinski definition) is 7. The lowest BCUT2D eigenvalue weighted by Gasteiger charge is -2.33. The highest BCUT2D eigenvalue weighted by Gasteiger charge is 2.31. The zero-order valence-electron chi connectivity index (χ0n) is 26.2. The van der Waals surface area contributed by atoms with E-state index in [-0.39, 0.29) is 24.9 Å². The van der Waals surface area contributed by atoms with Crippen LogP contribution >= 0.6 is 0 Å². The standard InChI is InChI=1S/C35H40N4O6/c1-35(2,3)45-33(42)23-13-15-24(16-14-23)36-32(41)30(21-31(40)39-19-17-38(4)18-20-39)37-34(43)44-22-29-27-11-7-5-9-25(27)26-10-6-8-12-28(26)29/h5-16,29-30H,17-22H2,1-4H3,(H,36,41)(H,37,43)/t30-/m0/s1. The number of ether oxygens (including phenoxy) is 2. The average molecular weight is 613 g/mol. The highest BCUT2D eigenvalue weighted by atomic mass is 16.6. The van der Waals surface area contributed by atoms with Crippen LogP contribution in [0.5, 0.6) is 0 Å². The molecular weight excluding hydrogens is 572 g/mol. The minimum atomic E-state index is -1.18. The Balaban J connectivity index is 1.26. The molecule has 0 saturated carbocycles. The fourth-order valence-corrected chi connectivity index (χ4v) is 5.61. The van der Waals surface area contributed by atoms with Gasteiger partial charge in [0.2, 0.25) is 11.8 Å².